The number of hydrogen-bond donors (Lipinski definition) is 1. The van der Waals surface area contributed by atoms with E-state index in [1.165, 1.54) is 32.1 Å². The SMILES string of the molecule is COc1ccc(NC(=S)N2CCN(C3CCCCC3)CC2)c(OC)c1. The Morgan fingerprint density at radius 3 is 2.40 bits per heavy atom. The molecule has 3 rings (SSSR count). The molecule has 1 aliphatic carbocycles. The van der Waals surface area contributed by atoms with E-state index in [9.17, 15) is 0 Å². The van der Waals surface area contributed by atoms with Crippen molar-refractivity contribution < 1.29 is 9.47 Å². The number of benzene rings is 1. The Kier molecular flexibility index (Phi) is 6.37. The van der Waals surface area contributed by atoms with Gasteiger partial charge in [0.05, 0.1) is 19.9 Å². The molecule has 138 valence electrons. The van der Waals surface area contributed by atoms with Gasteiger partial charge in [0.1, 0.15) is 11.5 Å². The molecule has 0 radical (unpaired) electrons. The van der Waals surface area contributed by atoms with Crippen molar-refractivity contribution in [3.05, 3.63) is 18.2 Å². The molecular weight excluding hydrogens is 334 g/mol. The Balaban J connectivity index is 1.54. The van der Waals surface area contributed by atoms with Crippen molar-refractivity contribution in [3.63, 3.8) is 0 Å². The van der Waals surface area contributed by atoms with Gasteiger partial charge in [0.25, 0.3) is 0 Å². The summed E-state index contributed by atoms with van der Waals surface area (Å²) in [6.45, 7) is 4.18. The second kappa shape index (κ2) is 8.72. The molecule has 0 aromatic heterocycles. The van der Waals surface area contributed by atoms with Crippen molar-refractivity contribution >= 4 is 23.0 Å². The summed E-state index contributed by atoms with van der Waals surface area (Å²) in [5.74, 6) is 1.51. The van der Waals surface area contributed by atoms with Crippen LogP contribution in [-0.2, 0) is 0 Å². The first-order valence-electron chi connectivity index (χ1n) is 9.23. The van der Waals surface area contributed by atoms with Gasteiger partial charge in [-0.2, -0.15) is 0 Å². The molecule has 1 aromatic rings. The number of ether oxygens (including phenoxy) is 2. The number of thiocarbonyl (C=S) groups is 1. The highest BCUT2D eigenvalue weighted by molar-refractivity contribution is 7.80. The molecular formula is C19H29N3O2S. The molecule has 1 N–H and O–H groups in total. The fraction of sp³-hybridized carbons (Fsp3) is 0.632. The summed E-state index contributed by atoms with van der Waals surface area (Å²) in [6.07, 6.45) is 6.93. The van der Waals surface area contributed by atoms with Crippen LogP contribution in [0.5, 0.6) is 11.5 Å². The Labute approximate surface area is 156 Å². The third kappa shape index (κ3) is 4.55. The maximum atomic E-state index is 5.63. The van der Waals surface area contributed by atoms with Crippen LogP contribution >= 0.6 is 12.2 Å². The Hall–Kier alpha value is -1.53. The third-order valence-electron chi connectivity index (χ3n) is 5.34. The minimum atomic E-state index is 0.738. The fourth-order valence-corrected chi connectivity index (χ4v) is 4.12. The summed E-state index contributed by atoms with van der Waals surface area (Å²) in [5, 5.41) is 4.11. The van der Waals surface area contributed by atoms with E-state index >= 15 is 0 Å². The van der Waals surface area contributed by atoms with Crippen molar-refractivity contribution in [2.75, 3.05) is 45.7 Å². The molecule has 0 atom stereocenters. The highest BCUT2D eigenvalue weighted by Gasteiger charge is 2.26. The van der Waals surface area contributed by atoms with Gasteiger partial charge in [-0.25, -0.2) is 0 Å². The van der Waals surface area contributed by atoms with Gasteiger partial charge in [-0.05, 0) is 37.2 Å². The van der Waals surface area contributed by atoms with Gasteiger partial charge < -0.3 is 19.7 Å². The van der Waals surface area contributed by atoms with Crippen LogP contribution in [-0.4, -0.2) is 61.4 Å². The lowest BCUT2D eigenvalue weighted by Gasteiger charge is -2.41. The van der Waals surface area contributed by atoms with E-state index in [0.29, 0.717) is 0 Å². The lowest BCUT2D eigenvalue weighted by Crippen LogP contribution is -2.53. The maximum Gasteiger partial charge on any atom is 0.173 e. The summed E-state index contributed by atoms with van der Waals surface area (Å²) >= 11 is 5.63. The van der Waals surface area contributed by atoms with Crippen LogP contribution in [0.3, 0.4) is 0 Å². The van der Waals surface area contributed by atoms with Crippen LogP contribution in [0, 0.1) is 0 Å². The van der Waals surface area contributed by atoms with Gasteiger partial charge in [0.2, 0.25) is 0 Å². The molecule has 0 amide bonds. The summed E-state index contributed by atoms with van der Waals surface area (Å²) in [5.41, 5.74) is 0.878. The van der Waals surface area contributed by atoms with Crippen LogP contribution < -0.4 is 14.8 Å². The van der Waals surface area contributed by atoms with E-state index in [2.05, 4.69) is 15.1 Å². The zero-order valence-electron chi connectivity index (χ0n) is 15.3. The fourth-order valence-electron chi connectivity index (χ4n) is 3.83. The number of piperazine rings is 1. The van der Waals surface area contributed by atoms with Crippen LogP contribution in [0.1, 0.15) is 32.1 Å². The van der Waals surface area contributed by atoms with Crippen LogP contribution in [0.2, 0.25) is 0 Å². The standard InChI is InChI=1S/C19H29N3O2S/c1-23-16-8-9-17(18(14-16)24-2)20-19(25)22-12-10-21(11-13-22)15-6-4-3-5-7-15/h8-9,14-15H,3-7,10-13H2,1-2H3,(H,20,25). The lowest BCUT2D eigenvalue weighted by molar-refractivity contribution is 0.108. The summed E-state index contributed by atoms with van der Waals surface area (Å²) < 4.78 is 10.7. The third-order valence-corrected chi connectivity index (χ3v) is 5.70. The molecule has 0 unspecified atom stereocenters. The smallest absolute Gasteiger partial charge is 0.173 e. The minimum absolute atomic E-state index is 0.738. The molecule has 1 saturated carbocycles. The van der Waals surface area contributed by atoms with Crippen molar-refractivity contribution in [3.8, 4) is 11.5 Å². The van der Waals surface area contributed by atoms with Gasteiger partial charge >= 0.3 is 0 Å². The highest BCUT2D eigenvalue weighted by atomic mass is 32.1. The molecule has 2 aliphatic rings. The van der Waals surface area contributed by atoms with Crippen molar-refractivity contribution in [1.29, 1.82) is 0 Å². The first kappa shape index (κ1) is 18.3. The maximum absolute atomic E-state index is 5.63. The molecule has 1 aromatic carbocycles. The predicted molar refractivity (Wildman–Crippen MR) is 106 cm³/mol. The normalized spacial score (nSPS) is 19.5. The van der Waals surface area contributed by atoms with E-state index < -0.39 is 0 Å². The van der Waals surface area contributed by atoms with Crippen molar-refractivity contribution in [1.82, 2.24) is 9.80 Å². The topological polar surface area (TPSA) is 37.0 Å². The van der Waals surface area contributed by atoms with Crippen molar-refractivity contribution in [2.45, 2.75) is 38.1 Å². The first-order valence-corrected chi connectivity index (χ1v) is 9.64. The molecule has 25 heavy (non-hydrogen) atoms. The number of rotatable bonds is 4. The van der Waals surface area contributed by atoms with E-state index in [1.807, 2.05) is 18.2 Å². The molecule has 5 nitrogen and oxygen atoms in total. The largest absolute Gasteiger partial charge is 0.497 e. The van der Waals surface area contributed by atoms with Crippen LogP contribution in [0.4, 0.5) is 5.69 Å². The van der Waals surface area contributed by atoms with Crippen LogP contribution in [0.15, 0.2) is 18.2 Å². The number of hydrogen-bond acceptors (Lipinski definition) is 4. The van der Waals surface area contributed by atoms with Gasteiger partial charge in [-0.3, -0.25) is 4.90 Å². The second-order valence-corrected chi connectivity index (χ2v) is 7.20. The van der Waals surface area contributed by atoms with Gasteiger partial charge in [-0.1, -0.05) is 19.3 Å². The summed E-state index contributed by atoms with van der Waals surface area (Å²) in [6, 6.07) is 6.52. The number of anilines is 1. The number of methoxy groups -OCH3 is 2. The minimum Gasteiger partial charge on any atom is -0.497 e. The highest BCUT2D eigenvalue weighted by Crippen LogP contribution is 2.29. The zero-order chi connectivity index (χ0) is 17.6. The Bertz CT molecular complexity index is 582. The number of nitrogens with zero attached hydrogens (tertiary/aromatic N) is 2. The molecule has 1 saturated heterocycles. The molecule has 0 bridgehead atoms. The predicted octanol–water partition coefficient (Wildman–Crippen LogP) is 3.35. The zero-order valence-corrected chi connectivity index (χ0v) is 16.1. The lowest BCUT2D eigenvalue weighted by atomic mass is 9.94. The molecule has 1 heterocycles. The van der Waals surface area contributed by atoms with Crippen LogP contribution in [0.25, 0.3) is 0 Å². The van der Waals surface area contributed by atoms with E-state index in [4.69, 9.17) is 21.7 Å². The quantitative estimate of drug-likeness (QED) is 0.827. The second-order valence-electron chi connectivity index (χ2n) is 6.81. The molecule has 1 aliphatic heterocycles. The molecule has 0 spiro atoms. The molecule has 2 fully saturated rings. The molecule has 6 heteroatoms. The van der Waals surface area contributed by atoms with E-state index in [1.54, 1.807) is 14.2 Å². The van der Waals surface area contributed by atoms with Gasteiger partial charge in [0, 0.05) is 38.3 Å². The van der Waals surface area contributed by atoms with Gasteiger partial charge in [-0.15, -0.1) is 0 Å². The Morgan fingerprint density at radius 1 is 1.04 bits per heavy atom. The summed E-state index contributed by atoms with van der Waals surface area (Å²) in [4.78, 5) is 4.92. The van der Waals surface area contributed by atoms with Gasteiger partial charge in [0.15, 0.2) is 5.11 Å². The monoisotopic (exact) mass is 363 g/mol. The van der Waals surface area contributed by atoms with E-state index in [0.717, 1.165) is 54.5 Å². The Morgan fingerprint density at radius 2 is 1.76 bits per heavy atom. The van der Waals surface area contributed by atoms with Crippen molar-refractivity contribution in [2.24, 2.45) is 0 Å². The average Bonchev–Trinajstić information content (AvgIpc) is 2.69. The first-order chi connectivity index (χ1) is 12.2. The average molecular weight is 364 g/mol. The summed E-state index contributed by atoms with van der Waals surface area (Å²) in [7, 11) is 3.31. The number of nitrogens with one attached hydrogen (secondary N) is 1. The van der Waals surface area contributed by atoms with E-state index in [-0.39, 0.29) is 0 Å².